The molecule has 0 rings (SSSR count). The molecule has 0 saturated carbocycles. The highest BCUT2D eigenvalue weighted by molar-refractivity contribution is 7.47. The highest BCUT2D eigenvalue weighted by atomic mass is 31.2. The summed E-state index contributed by atoms with van der Waals surface area (Å²) in [5, 5.41) is 9.76. The van der Waals surface area contributed by atoms with Crippen molar-refractivity contribution in [1.29, 1.82) is 0 Å². The van der Waals surface area contributed by atoms with Crippen molar-refractivity contribution in [2.24, 2.45) is 0 Å². The number of phosphoric ester groups is 1. The maximum Gasteiger partial charge on any atom is 0.472 e. The molecule has 0 amide bonds. The van der Waals surface area contributed by atoms with Gasteiger partial charge in [0.1, 0.15) is 12.7 Å². The molecular formula is C56H95O11P. The molecule has 0 aliphatic rings. The van der Waals surface area contributed by atoms with Crippen LogP contribution >= 0.6 is 7.82 Å². The first-order valence-electron chi connectivity index (χ1n) is 26.5. The summed E-state index contributed by atoms with van der Waals surface area (Å²) in [5.41, 5.74) is 0. The second kappa shape index (κ2) is 50.1. The quantitative estimate of drug-likeness (QED) is 0.0197. The lowest BCUT2D eigenvalue weighted by Gasteiger charge is -2.21. The van der Waals surface area contributed by atoms with Gasteiger partial charge >= 0.3 is 25.7 Å². The molecule has 0 bridgehead atoms. The molecule has 11 nitrogen and oxygen atoms in total. The zero-order chi connectivity index (χ0) is 49.9. The Balaban J connectivity index is 4.78. The lowest BCUT2D eigenvalue weighted by atomic mass is 10.1. The van der Waals surface area contributed by atoms with E-state index in [1.54, 1.807) is 6.08 Å². The normalized spacial score (nSPS) is 14.1. The van der Waals surface area contributed by atoms with Crippen LogP contribution in [0.4, 0.5) is 0 Å². The van der Waals surface area contributed by atoms with E-state index in [1.165, 1.54) is 70.6 Å². The Morgan fingerprint density at radius 3 is 1.32 bits per heavy atom. The van der Waals surface area contributed by atoms with Gasteiger partial charge in [-0.15, -0.1) is 0 Å². The van der Waals surface area contributed by atoms with Gasteiger partial charge in [-0.2, -0.15) is 0 Å². The van der Waals surface area contributed by atoms with Gasteiger partial charge in [-0.25, -0.2) is 4.57 Å². The van der Waals surface area contributed by atoms with Crippen LogP contribution in [0.25, 0.3) is 0 Å². The van der Waals surface area contributed by atoms with E-state index in [0.717, 1.165) is 83.5 Å². The summed E-state index contributed by atoms with van der Waals surface area (Å²) in [6.45, 7) is 4.35. The van der Waals surface area contributed by atoms with Gasteiger partial charge in [0.25, 0.3) is 0 Å². The number of phosphoric acid groups is 1. The van der Waals surface area contributed by atoms with E-state index in [0.29, 0.717) is 19.3 Å². The fourth-order valence-corrected chi connectivity index (χ4v) is 7.60. The predicted octanol–water partition coefficient (Wildman–Crippen LogP) is 15.1. The SMILES string of the molecule is CC/C=C\C/C=C\C/C=C\C/C=C\C/C=C\CC(=O)OC(CO)COP(=O)(O)OCC(COC(=O)CCCCCCCCCCC)OC(=O)CCCCCCCCC/C=C\C/C=C\CCCCC. The molecule has 0 aromatic carbocycles. The summed E-state index contributed by atoms with van der Waals surface area (Å²) in [7, 11) is -4.77. The fourth-order valence-electron chi connectivity index (χ4n) is 6.81. The Morgan fingerprint density at radius 2 is 0.824 bits per heavy atom. The van der Waals surface area contributed by atoms with E-state index in [9.17, 15) is 28.9 Å². The number of allylic oxidation sites excluding steroid dienone is 13. The number of hydrogen-bond acceptors (Lipinski definition) is 10. The summed E-state index contributed by atoms with van der Waals surface area (Å²) in [4.78, 5) is 48.2. The summed E-state index contributed by atoms with van der Waals surface area (Å²) in [6, 6.07) is 0. The predicted molar refractivity (Wildman–Crippen MR) is 279 cm³/mol. The van der Waals surface area contributed by atoms with Crippen LogP contribution in [0.1, 0.15) is 213 Å². The van der Waals surface area contributed by atoms with Crippen LogP contribution < -0.4 is 0 Å². The van der Waals surface area contributed by atoms with E-state index < -0.39 is 57.8 Å². The monoisotopic (exact) mass is 975 g/mol. The van der Waals surface area contributed by atoms with Gasteiger partial charge in [-0.05, 0) is 77.0 Å². The van der Waals surface area contributed by atoms with E-state index in [4.69, 9.17) is 23.3 Å². The van der Waals surface area contributed by atoms with Gasteiger partial charge in [0.05, 0.1) is 26.2 Å². The van der Waals surface area contributed by atoms with Crippen LogP contribution in [0.3, 0.4) is 0 Å². The number of hydrogen-bond donors (Lipinski definition) is 2. The van der Waals surface area contributed by atoms with Gasteiger partial charge in [-0.3, -0.25) is 23.4 Å². The van der Waals surface area contributed by atoms with Crippen LogP contribution in [-0.4, -0.2) is 66.5 Å². The van der Waals surface area contributed by atoms with Crippen molar-refractivity contribution < 1.29 is 52.2 Å². The van der Waals surface area contributed by atoms with Crippen molar-refractivity contribution in [2.45, 2.75) is 226 Å². The smallest absolute Gasteiger partial charge is 0.462 e. The molecule has 0 saturated heterocycles. The lowest BCUT2D eigenvalue weighted by Crippen LogP contribution is -2.30. The van der Waals surface area contributed by atoms with E-state index in [-0.39, 0.29) is 25.9 Å². The van der Waals surface area contributed by atoms with E-state index in [1.807, 2.05) is 18.2 Å². The fraction of sp³-hybridized carbons (Fsp3) is 0.696. The molecule has 0 aromatic heterocycles. The lowest BCUT2D eigenvalue weighted by molar-refractivity contribution is -0.161. The third kappa shape index (κ3) is 47.7. The summed E-state index contributed by atoms with van der Waals surface area (Å²) >= 11 is 0. The van der Waals surface area contributed by atoms with Crippen molar-refractivity contribution in [3.8, 4) is 0 Å². The Morgan fingerprint density at radius 1 is 0.441 bits per heavy atom. The van der Waals surface area contributed by atoms with Gasteiger partial charge in [0, 0.05) is 12.8 Å². The minimum absolute atomic E-state index is 0.0574. The molecule has 0 aliphatic carbocycles. The number of carbonyl (C=O) groups excluding carboxylic acids is 3. The van der Waals surface area contributed by atoms with Crippen LogP contribution in [-0.2, 0) is 42.2 Å². The molecule has 0 radical (unpaired) electrons. The molecule has 2 N–H and O–H groups in total. The topological polar surface area (TPSA) is 155 Å². The van der Waals surface area contributed by atoms with Crippen LogP contribution in [0, 0.1) is 0 Å². The maximum atomic E-state index is 12.8. The van der Waals surface area contributed by atoms with Crippen molar-refractivity contribution >= 4 is 25.7 Å². The maximum absolute atomic E-state index is 12.8. The molecule has 0 spiro atoms. The first-order chi connectivity index (χ1) is 33.2. The Labute approximate surface area is 413 Å². The van der Waals surface area contributed by atoms with Crippen molar-refractivity contribution in [1.82, 2.24) is 0 Å². The largest absolute Gasteiger partial charge is 0.472 e. The van der Waals surface area contributed by atoms with Gasteiger partial charge in [0.15, 0.2) is 6.10 Å². The van der Waals surface area contributed by atoms with Gasteiger partial charge < -0.3 is 24.2 Å². The second-order valence-electron chi connectivity index (χ2n) is 17.3. The molecule has 3 unspecified atom stereocenters. The number of unbranched alkanes of at least 4 members (excludes halogenated alkanes) is 18. The second-order valence-corrected chi connectivity index (χ2v) is 18.8. The number of carbonyl (C=O) groups is 3. The van der Waals surface area contributed by atoms with Crippen molar-refractivity contribution in [3.63, 3.8) is 0 Å². The minimum atomic E-state index is -4.77. The third-order valence-electron chi connectivity index (χ3n) is 10.8. The van der Waals surface area contributed by atoms with Crippen LogP contribution in [0.5, 0.6) is 0 Å². The zero-order valence-electron chi connectivity index (χ0n) is 42.8. The van der Waals surface area contributed by atoms with E-state index in [2.05, 4.69) is 81.5 Å². The minimum Gasteiger partial charge on any atom is -0.462 e. The Bertz CT molecular complexity index is 1460. The highest BCUT2D eigenvalue weighted by Crippen LogP contribution is 2.43. The number of aliphatic hydroxyl groups excluding tert-OH is 1. The molecule has 12 heteroatoms. The van der Waals surface area contributed by atoms with Crippen molar-refractivity contribution in [3.05, 3.63) is 85.1 Å². The third-order valence-corrected chi connectivity index (χ3v) is 11.8. The molecule has 68 heavy (non-hydrogen) atoms. The Hall–Kier alpha value is -3.34. The van der Waals surface area contributed by atoms with Gasteiger partial charge in [0.2, 0.25) is 0 Å². The standard InChI is InChI=1S/C56H95O11P/c1-4-7-10-13-16-19-21-23-25-26-28-30-32-35-38-41-44-47-56(60)67-53(49-63-54(58)45-42-39-36-33-18-15-12-9-6-3)51-65-68(61,62)64-50-52(48-57)66-55(59)46-43-40-37-34-31-29-27-24-22-20-17-14-11-8-5-2/h8,11,16-17,19-20,23-25,27,31,34,40,43,52-53,57H,4-7,9-10,12-15,18,21-22,26,28-30,32-33,35-39,41-42,44-51H2,1-3H3,(H,61,62)/b11-8-,19-16-,20-17-,25-23-,27-24-,34-31-,43-40-. The first-order valence-corrected chi connectivity index (χ1v) is 28.0. The molecule has 3 atom stereocenters. The van der Waals surface area contributed by atoms with Crippen molar-refractivity contribution in [2.75, 3.05) is 26.4 Å². The average molecular weight is 975 g/mol. The molecule has 0 aliphatic heterocycles. The van der Waals surface area contributed by atoms with Crippen LogP contribution in [0.2, 0.25) is 0 Å². The molecular weight excluding hydrogens is 880 g/mol. The highest BCUT2D eigenvalue weighted by Gasteiger charge is 2.28. The van der Waals surface area contributed by atoms with Crippen LogP contribution in [0.15, 0.2) is 85.1 Å². The molecule has 0 aromatic rings. The number of ether oxygens (including phenoxy) is 3. The summed E-state index contributed by atoms with van der Waals surface area (Å²) in [5.74, 6) is -1.62. The summed E-state index contributed by atoms with van der Waals surface area (Å²) < 4.78 is 39.2. The summed E-state index contributed by atoms with van der Waals surface area (Å²) in [6.07, 6.45) is 55.8. The molecule has 390 valence electrons. The van der Waals surface area contributed by atoms with E-state index >= 15 is 0 Å². The number of esters is 3. The Kier molecular flexibility index (Phi) is 47.6. The zero-order valence-corrected chi connectivity index (χ0v) is 43.7. The van der Waals surface area contributed by atoms with Gasteiger partial charge in [-0.1, -0.05) is 202 Å². The number of aliphatic hydroxyl groups is 1. The number of rotatable bonds is 48. The molecule has 0 fully saturated rings. The first kappa shape index (κ1) is 64.7. The molecule has 0 heterocycles. The average Bonchev–Trinajstić information content (AvgIpc) is 3.32.